The highest BCUT2D eigenvalue weighted by atomic mass is 79.9. The van der Waals surface area contributed by atoms with E-state index in [4.69, 9.17) is 5.73 Å². The molecule has 0 bridgehead atoms. The van der Waals surface area contributed by atoms with Crippen LogP contribution in [0.2, 0.25) is 0 Å². The number of nitrogen functional groups attached to an aromatic ring is 1. The molecule has 2 N–H and O–H groups in total. The molecule has 0 aliphatic heterocycles. The fourth-order valence-corrected chi connectivity index (χ4v) is 1.81. The molecule has 3 nitrogen and oxygen atoms in total. The summed E-state index contributed by atoms with van der Waals surface area (Å²) in [5.41, 5.74) is 6.25. The molecule has 0 aromatic carbocycles. The molecular weight excluding hydrogens is 301 g/mol. The van der Waals surface area contributed by atoms with Crippen molar-refractivity contribution in [2.24, 2.45) is 0 Å². The second-order valence-electron chi connectivity index (χ2n) is 3.74. The minimum atomic E-state index is -4.20. The molecule has 17 heavy (non-hydrogen) atoms. The highest BCUT2D eigenvalue weighted by Gasteiger charge is 2.26. The van der Waals surface area contributed by atoms with E-state index in [2.05, 4.69) is 15.9 Å². The summed E-state index contributed by atoms with van der Waals surface area (Å²) in [7, 11) is 0. The van der Waals surface area contributed by atoms with E-state index in [1.165, 1.54) is 10.8 Å². The van der Waals surface area contributed by atoms with Gasteiger partial charge < -0.3 is 10.3 Å². The van der Waals surface area contributed by atoms with Gasteiger partial charge in [-0.1, -0.05) is 0 Å². The van der Waals surface area contributed by atoms with Crippen molar-refractivity contribution in [1.82, 2.24) is 4.57 Å². The van der Waals surface area contributed by atoms with Gasteiger partial charge in [0.15, 0.2) is 0 Å². The number of anilines is 1. The Morgan fingerprint density at radius 1 is 1.47 bits per heavy atom. The number of pyridine rings is 1. The third-order valence-electron chi connectivity index (χ3n) is 2.37. The highest BCUT2D eigenvalue weighted by Crippen LogP contribution is 2.22. The van der Waals surface area contributed by atoms with Gasteiger partial charge in [0.25, 0.3) is 5.56 Å². The van der Waals surface area contributed by atoms with Crippen LogP contribution in [0.3, 0.4) is 0 Å². The highest BCUT2D eigenvalue weighted by molar-refractivity contribution is 9.10. The van der Waals surface area contributed by atoms with Crippen LogP contribution in [0.15, 0.2) is 15.5 Å². The third kappa shape index (κ3) is 3.76. The van der Waals surface area contributed by atoms with E-state index in [0.717, 1.165) is 0 Å². The summed E-state index contributed by atoms with van der Waals surface area (Å²) in [6, 6.07) is 0. The first-order valence-electron chi connectivity index (χ1n) is 4.94. The number of aromatic nitrogens is 1. The summed E-state index contributed by atoms with van der Waals surface area (Å²) < 4.78 is 37.4. The predicted octanol–water partition coefficient (Wildman–Crippen LogP) is 2.84. The molecule has 1 aromatic heterocycles. The summed E-state index contributed by atoms with van der Waals surface area (Å²) in [4.78, 5) is 11.7. The first-order valence-corrected chi connectivity index (χ1v) is 5.73. The van der Waals surface area contributed by atoms with Gasteiger partial charge >= 0.3 is 6.18 Å². The molecule has 96 valence electrons. The van der Waals surface area contributed by atoms with Gasteiger partial charge in [-0.05, 0) is 34.8 Å². The Labute approximate surface area is 105 Å². The summed E-state index contributed by atoms with van der Waals surface area (Å²) in [6.07, 6.45) is -3.88. The quantitative estimate of drug-likeness (QED) is 0.933. The van der Waals surface area contributed by atoms with Gasteiger partial charge in [0, 0.05) is 19.2 Å². The maximum Gasteiger partial charge on any atom is 0.389 e. The second-order valence-corrected chi connectivity index (χ2v) is 4.53. The zero-order chi connectivity index (χ0) is 13.2. The lowest BCUT2D eigenvalue weighted by Crippen LogP contribution is -2.23. The van der Waals surface area contributed by atoms with Crippen molar-refractivity contribution >= 4 is 21.6 Å². The molecule has 0 saturated heterocycles. The van der Waals surface area contributed by atoms with Gasteiger partial charge in [0.05, 0.1) is 10.2 Å². The Bertz CT molecular complexity index is 468. The van der Waals surface area contributed by atoms with E-state index in [0.29, 0.717) is 15.7 Å². The average molecular weight is 313 g/mol. The fraction of sp³-hybridized carbons (Fsp3) is 0.500. The molecular formula is C10H12BrF3N2O. The molecule has 7 heteroatoms. The zero-order valence-corrected chi connectivity index (χ0v) is 10.7. The topological polar surface area (TPSA) is 48.0 Å². The molecule has 0 aliphatic carbocycles. The Morgan fingerprint density at radius 2 is 2.06 bits per heavy atom. The number of halogens is 4. The summed E-state index contributed by atoms with van der Waals surface area (Å²) in [5.74, 6) is 0. The van der Waals surface area contributed by atoms with Crippen LogP contribution in [-0.2, 0) is 6.54 Å². The summed E-state index contributed by atoms with van der Waals surface area (Å²) in [5, 5.41) is 0. The number of hydrogen-bond acceptors (Lipinski definition) is 2. The number of rotatable bonds is 3. The van der Waals surface area contributed by atoms with E-state index in [1.54, 1.807) is 6.92 Å². The van der Waals surface area contributed by atoms with E-state index >= 15 is 0 Å². The van der Waals surface area contributed by atoms with Crippen LogP contribution in [0.4, 0.5) is 18.9 Å². The van der Waals surface area contributed by atoms with Crippen LogP contribution in [0, 0.1) is 6.92 Å². The number of hydrogen-bond donors (Lipinski definition) is 1. The number of aryl methyl sites for hydroxylation is 1. The molecule has 0 spiro atoms. The fourth-order valence-electron chi connectivity index (χ4n) is 1.35. The predicted molar refractivity (Wildman–Crippen MR) is 62.8 cm³/mol. The van der Waals surface area contributed by atoms with E-state index in [-0.39, 0.29) is 18.5 Å². The normalized spacial score (nSPS) is 11.8. The van der Waals surface area contributed by atoms with Gasteiger partial charge in [-0.3, -0.25) is 4.79 Å². The largest absolute Gasteiger partial charge is 0.397 e. The van der Waals surface area contributed by atoms with Crippen molar-refractivity contribution < 1.29 is 13.2 Å². The monoisotopic (exact) mass is 312 g/mol. The molecule has 1 rings (SSSR count). The molecule has 0 saturated carbocycles. The number of nitrogens with zero attached hydrogens (tertiary/aromatic N) is 1. The van der Waals surface area contributed by atoms with Gasteiger partial charge in [-0.15, -0.1) is 0 Å². The maximum absolute atomic E-state index is 12.0. The van der Waals surface area contributed by atoms with E-state index in [9.17, 15) is 18.0 Å². The molecule has 0 unspecified atom stereocenters. The van der Waals surface area contributed by atoms with Crippen molar-refractivity contribution in [3.63, 3.8) is 0 Å². The Balaban J connectivity index is 2.83. The van der Waals surface area contributed by atoms with Gasteiger partial charge in [0.1, 0.15) is 0 Å². The van der Waals surface area contributed by atoms with Crippen molar-refractivity contribution in [3.05, 3.63) is 26.6 Å². The van der Waals surface area contributed by atoms with Crippen molar-refractivity contribution in [2.75, 3.05) is 5.73 Å². The van der Waals surface area contributed by atoms with Gasteiger partial charge in [0.2, 0.25) is 0 Å². The van der Waals surface area contributed by atoms with Crippen molar-refractivity contribution in [1.29, 1.82) is 0 Å². The Morgan fingerprint density at radius 3 is 2.59 bits per heavy atom. The average Bonchev–Trinajstić information content (AvgIpc) is 2.21. The first-order chi connectivity index (χ1) is 7.72. The van der Waals surface area contributed by atoms with Crippen LogP contribution in [0.25, 0.3) is 0 Å². The van der Waals surface area contributed by atoms with Crippen LogP contribution >= 0.6 is 15.9 Å². The van der Waals surface area contributed by atoms with Crippen LogP contribution in [0.5, 0.6) is 0 Å². The lowest BCUT2D eigenvalue weighted by atomic mass is 10.2. The molecule has 1 heterocycles. The standard InChI is InChI=1S/C10H12BrF3N2O/c1-6-7(15)5-16(9(17)8(6)11)4-2-3-10(12,13)14/h5H,2-4,15H2,1H3. The second kappa shape index (κ2) is 5.12. The smallest absolute Gasteiger partial charge is 0.389 e. The minimum absolute atomic E-state index is 0.00141. The molecule has 0 fully saturated rings. The number of nitrogens with two attached hydrogens (primary N) is 1. The van der Waals surface area contributed by atoms with Gasteiger partial charge in [-0.2, -0.15) is 13.2 Å². The first kappa shape index (κ1) is 14.1. The summed E-state index contributed by atoms with van der Waals surface area (Å²) >= 11 is 3.08. The van der Waals surface area contributed by atoms with E-state index < -0.39 is 12.6 Å². The third-order valence-corrected chi connectivity index (χ3v) is 3.30. The molecule has 1 aromatic rings. The van der Waals surface area contributed by atoms with Crippen LogP contribution < -0.4 is 11.3 Å². The Hall–Kier alpha value is -0.980. The lowest BCUT2D eigenvalue weighted by molar-refractivity contribution is -0.135. The Kier molecular flexibility index (Phi) is 4.24. The molecule has 0 aliphatic rings. The maximum atomic E-state index is 12.0. The summed E-state index contributed by atoms with van der Waals surface area (Å²) in [6.45, 7) is 1.67. The van der Waals surface area contributed by atoms with Crippen molar-refractivity contribution in [2.45, 2.75) is 32.5 Å². The lowest BCUT2D eigenvalue weighted by Gasteiger charge is -2.11. The minimum Gasteiger partial charge on any atom is -0.397 e. The van der Waals surface area contributed by atoms with Crippen LogP contribution in [-0.4, -0.2) is 10.7 Å². The molecule has 0 atom stereocenters. The molecule has 0 amide bonds. The SMILES string of the molecule is Cc1c(N)cn(CCCC(F)(F)F)c(=O)c1Br. The van der Waals surface area contributed by atoms with Crippen LogP contribution in [0.1, 0.15) is 18.4 Å². The zero-order valence-electron chi connectivity index (χ0n) is 9.14. The van der Waals surface area contributed by atoms with Gasteiger partial charge in [-0.25, -0.2) is 0 Å². The molecule has 0 radical (unpaired) electrons. The number of alkyl halides is 3. The van der Waals surface area contributed by atoms with Crippen molar-refractivity contribution in [3.8, 4) is 0 Å². The van der Waals surface area contributed by atoms with E-state index in [1.807, 2.05) is 0 Å².